The molecule has 0 unspecified atom stereocenters. The summed E-state index contributed by atoms with van der Waals surface area (Å²) in [7, 11) is 0. The molecule has 0 aliphatic carbocycles. The number of carbonyl (C=O) groups is 2. The van der Waals surface area contributed by atoms with Crippen LogP contribution >= 0.6 is 0 Å². The van der Waals surface area contributed by atoms with Gasteiger partial charge in [-0.1, -0.05) is 18.2 Å². The summed E-state index contributed by atoms with van der Waals surface area (Å²) in [5.41, 5.74) is 0.687. The lowest BCUT2D eigenvalue weighted by Gasteiger charge is -2.32. The summed E-state index contributed by atoms with van der Waals surface area (Å²) in [6.45, 7) is 11.2. The second-order valence-electron chi connectivity index (χ2n) is 8.43. The number of rotatable bonds is 0. The van der Waals surface area contributed by atoms with E-state index in [0.29, 0.717) is 6.54 Å². The number of fused-ring (bicyclic) bond motifs is 1. The lowest BCUT2D eigenvalue weighted by Crippen LogP contribution is -2.48. The monoisotopic (exact) mass is 375 g/mol. The molecule has 1 aromatic carbocycles. The van der Waals surface area contributed by atoms with Gasteiger partial charge in [0.1, 0.15) is 11.2 Å². The molecule has 0 bridgehead atoms. The molecule has 1 aliphatic heterocycles. The summed E-state index contributed by atoms with van der Waals surface area (Å²) in [6.07, 6.45) is 0.364. The van der Waals surface area contributed by atoms with Gasteiger partial charge in [-0.15, -0.1) is 4.99 Å². The first kappa shape index (κ1) is 20.7. The Balaban J connectivity index is 2.33. The van der Waals surface area contributed by atoms with Gasteiger partial charge in [0.05, 0.1) is 0 Å². The Morgan fingerprint density at radius 1 is 1.04 bits per heavy atom. The van der Waals surface area contributed by atoms with Crippen molar-refractivity contribution in [1.29, 1.82) is 0 Å². The number of benzene rings is 1. The zero-order chi connectivity index (χ0) is 20.2. The third kappa shape index (κ3) is 6.58. The Morgan fingerprint density at radius 3 is 2.30 bits per heavy atom. The number of ether oxygens (including phenoxy) is 2. The fourth-order valence-electron chi connectivity index (χ4n) is 2.68. The molecule has 1 aromatic rings. The molecule has 0 aromatic heterocycles. The maximum Gasteiger partial charge on any atom is 0.437 e. The van der Waals surface area contributed by atoms with Gasteiger partial charge in [-0.05, 0) is 66.0 Å². The molecule has 7 nitrogen and oxygen atoms in total. The summed E-state index contributed by atoms with van der Waals surface area (Å²) in [5.74, 6) is 0.102. The molecule has 2 rings (SSSR count). The van der Waals surface area contributed by atoms with E-state index in [1.54, 1.807) is 41.5 Å². The molecular weight excluding hydrogens is 346 g/mol. The van der Waals surface area contributed by atoms with Crippen molar-refractivity contribution in [1.82, 2.24) is 5.32 Å². The predicted octanol–water partition coefficient (Wildman–Crippen LogP) is 4.26. The molecule has 0 saturated carbocycles. The van der Waals surface area contributed by atoms with E-state index in [1.165, 1.54) is 0 Å². The second-order valence-corrected chi connectivity index (χ2v) is 8.43. The molecule has 0 saturated heterocycles. The maximum atomic E-state index is 12.3. The van der Waals surface area contributed by atoms with Crippen molar-refractivity contribution in [2.75, 3.05) is 11.4 Å². The number of nitrogens with one attached hydrogen (secondary N) is 1. The van der Waals surface area contributed by atoms with Crippen LogP contribution in [0.25, 0.3) is 0 Å². The molecule has 148 valence electrons. The van der Waals surface area contributed by atoms with Gasteiger partial charge >= 0.3 is 12.2 Å². The maximum absolute atomic E-state index is 12.3. The molecule has 0 radical (unpaired) electrons. The molecule has 7 heteroatoms. The minimum Gasteiger partial charge on any atom is -0.444 e. The van der Waals surface area contributed by atoms with Crippen LogP contribution in [0.1, 0.15) is 53.5 Å². The normalized spacial score (nSPS) is 15.0. The quantitative estimate of drug-likeness (QED) is 0.541. The van der Waals surface area contributed by atoms with Crippen LogP contribution in [0, 0.1) is 0 Å². The Morgan fingerprint density at radius 2 is 1.67 bits per heavy atom. The van der Waals surface area contributed by atoms with Crippen molar-refractivity contribution in [2.45, 2.75) is 65.6 Å². The van der Waals surface area contributed by atoms with Crippen molar-refractivity contribution in [3.8, 4) is 0 Å². The van der Waals surface area contributed by atoms with E-state index in [9.17, 15) is 9.59 Å². The topological polar surface area (TPSA) is 80.2 Å². The fraction of sp³-hybridized carbons (Fsp3) is 0.550. The van der Waals surface area contributed by atoms with Gasteiger partial charge in [-0.3, -0.25) is 5.32 Å². The van der Waals surface area contributed by atoms with Crippen molar-refractivity contribution in [3.05, 3.63) is 29.8 Å². The van der Waals surface area contributed by atoms with E-state index < -0.39 is 23.4 Å². The molecule has 2 amide bonds. The highest BCUT2D eigenvalue weighted by atomic mass is 16.6. The molecule has 1 N–H and O–H groups in total. The molecule has 1 aliphatic rings. The van der Waals surface area contributed by atoms with Crippen LogP contribution in [0.5, 0.6) is 0 Å². The molecule has 0 atom stereocenters. The number of aryl methyl sites for hydroxylation is 1. The van der Waals surface area contributed by atoms with Crippen LogP contribution in [-0.4, -0.2) is 35.9 Å². The number of guanidine groups is 1. The number of alkyl carbamates (subject to hydrolysis) is 1. The number of carbonyl (C=O) groups excluding carboxylic acids is 2. The number of aliphatic imine (C=N–C) groups is 1. The van der Waals surface area contributed by atoms with Gasteiger partial charge in [0.25, 0.3) is 0 Å². The van der Waals surface area contributed by atoms with Crippen molar-refractivity contribution >= 4 is 23.8 Å². The van der Waals surface area contributed by atoms with Crippen molar-refractivity contribution in [3.63, 3.8) is 0 Å². The summed E-state index contributed by atoms with van der Waals surface area (Å²) >= 11 is 0. The largest absolute Gasteiger partial charge is 0.444 e. The number of amides is 2. The smallest absolute Gasteiger partial charge is 0.437 e. The molecular formula is C20H29N3O4. The van der Waals surface area contributed by atoms with Gasteiger partial charge in [-0.2, -0.15) is 0 Å². The van der Waals surface area contributed by atoms with E-state index in [2.05, 4.69) is 10.3 Å². The molecule has 1 heterocycles. The highest BCUT2D eigenvalue weighted by Crippen LogP contribution is 2.27. The third-order valence-electron chi connectivity index (χ3n) is 3.57. The number of hydrogen-bond acceptors (Lipinski definition) is 4. The zero-order valence-electron chi connectivity index (χ0n) is 17.0. The van der Waals surface area contributed by atoms with Gasteiger partial charge in [0, 0.05) is 12.2 Å². The first-order valence-corrected chi connectivity index (χ1v) is 9.12. The van der Waals surface area contributed by atoms with E-state index in [1.807, 2.05) is 29.2 Å². The fourth-order valence-corrected chi connectivity index (χ4v) is 2.68. The van der Waals surface area contributed by atoms with Crippen LogP contribution in [0.4, 0.5) is 15.3 Å². The summed E-state index contributed by atoms with van der Waals surface area (Å²) in [5, 5.41) is 2.61. The van der Waals surface area contributed by atoms with Crippen LogP contribution in [0.3, 0.4) is 0 Å². The van der Waals surface area contributed by atoms with Gasteiger partial charge < -0.3 is 14.4 Å². The third-order valence-corrected chi connectivity index (χ3v) is 3.57. The first-order chi connectivity index (χ1) is 12.4. The standard InChI is InChI=1S/C20H29N3O4/c1-19(2,3)26-17(24)21-16(22-18(25)27-20(4,5)6)23-13-9-11-14-10-7-8-12-15(14)23/h7-8,10,12H,9,11,13H2,1-6H3,(H,21,22,24,25). The highest BCUT2D eigenvalue weighted by Gasteiger charge is 2.26. The first-order valence-electron chi connectivity index (χ1n) is 9.12. The average molecular weight is 375 g/mol. The number of nitrogens with zero attached hydrogens (tertiary/aromatic N) is 2. The van der Waals surface area contributed by atoms with E-state index in [0.717, 1.165) is 24.1 Å². The van der Waals surface area contributed by atoms with E-state index in [-0.39, 0.29) is 5.96 Å². The lowest BCUT2D eigenvalue weighted by molar-refractivity contribution is 0.0561. The van der Waals surface area contributed by atoms with Crippen LogP contribution in [0.15, 0.2) is 29.3 Å². The highest BCUT2D eigenvalue weighted by molar-refractivity contribution is 6.08. The van der Waals surface area contributed by atoms with E-state index in [4.69, 9.17) is 9.47 Å². The number of para-hydroxylation sites is 1. The predicted molar refractivity (Wildman–Crippen MR) is 105 cm³/mol. The molecule has 0 spiro atoms. The lowest BCUT2D eigenvalue weighted by atomic mass is 10.0. The second kappa shape index (κ2) is 7.98. The summed E-state index contributed by atoms with van der Waals surface area (Å²) < 4.78 is 10.6. The Hall–Kier alpha value is -2.57. The number of anilines is 1. The average Bonchev–Trinajstić information content (AvgIpc) is 2.50. The minimum atomic E-state index is -0.767. The number of hydrogen-bond donors (Lipinski definition) is 1. The Labute approximate surface area is 160 Å². The Bertz CT molecular complexity index is 729. The van der Waals surface area contributed by atoms with Gasteiger partial charge in [-0.25, -0.2) is 9.59 Å². The molecule has 0 fully saturated rings. The zero-order valence-corrected chi connectivity index (χ0v) is 17.0. The summed E-state index contributed by atoms with van der Waals surface area (Å²) in [4.78, 5) is 30.4. The Kier molecular flexibility index (Phi) is 6.13. The SMILES string of the molecule is CC(C)(C)OC(=O)/N=C(/NC(=O)OC(C)(C)C)N1CCCc2ccccc21. The van der Waals surface area contributed by atoms with Crippen LogP contribution in [-0.2, 0) is 15.9 Å². The van der Waals surface area contributed by atoms with Crippen molar-refractivity contribution < 1.29 is 19.1 Å². The van der Waals surface area contributed by atoms with E-state index >= 15 is 0 Å². The van der Waals surface area contributed by atoms with Crippen molar-refractivity contribution in [2.24, 2.45) is 4.99 Å². The van der Waals surface area contributed by atoms with Crippen LogP contribution in [0.2, 0.25) is 0 Å². The van der Waals surface area contributed by atoms with Crippen LogP contribution < -0.4 is 10.2 Å². The van der Waals surface area contributed by atoms with Gasteiger partial charge in [0.15, 0.2) is 0 Å². The molecule has 27 heavy (non-hydrogen) atoms. The minimum absolute atomic E-state index is 0.102. The van der Waals surface area contributed by atoms with Gasteiger partial charge in [0.2, 0.25) is 5.96 Å². The summed E-state index contributed by atoms with van der Waals surface area (Å²) in [6, 6.07) is 7.85.